The van der Waals surface area contributed by atoms with Gasteiger partial charge in [-0.15, -0.1) is 11.3 Å². The highest BCUT2D eigenvalue weighted by atomic mass is 32.1. The highest BCUT2D eigenvalue weighted by Crippen LogP contribution is 2.44. The lowest BCUT2D eigenvalue weighted by Gasteiger charge is -2.10. The van der Waals surface area contributed by atoms with E-state index < -0.39 is 0 Å². The van der Waals surface area contributed by atoms with Crippen molar-refractivity contribution in [3.05, 3.63) is 176 Å². The number of hydrogen-bond donors (Lipinski definition) is 0. The summed E-state index contributed by atoms with van der Waals surface area (Å²) in [6.45, 7) is 0. The highest BCUT2D eigenvalue weighted by molar-refractivity contribution is 7.26. The molecule has 0 amide bonds. The molecule has 0 saturated heterocycles. The topological polar surface area (TPSA) is 38.7 Å². The Hall–Kier alpha value is -6.23. The van der Waals surface area contributed by atoms with Crippen molar-refractivity contribution in [1.29, 1.82) is 0 Å². The van der Waals surface area contributed by atoms with Gasteiger partial charge >= 0.3 is 0 Å². The molecule has 7 aromatic carbocycles. The van der Waals surface area contributed by atoms with Crippen molar-refractivity contribution in [3.63, 3.8) is 0 Å². The Morgan fingerprint density at radius 2 is 0.592 bits per heavy atom. The third-order valence-corrected chi connectivity index (χ3v) is 10.3. The summed E-state index contributed by atoms with van der Waals surface area (Å²) in [5.41, 5.74) is 10.1. The van der Waals surface area contributed by atoms with Gasteiger partial charge in [0.1, 0.15) is 0 Å². The van der Waals surface area contributed by atoms with E-state index in [0.717, 1.165) is 27.8 Å². The van der Waals surface area contributed by atoms with Crippen LogP contribution < -0.4 is 0 Å². The van der Waals surface area contributed by atoms with Crippen LogP contribution in [-0.4, -0.2) is 15.0 Å². The minimum absolute atomic E-state index is 0.648. The maximum Gasteiger partial charge on any atom is 0.164 e. The first-order chi connectivity index (χ1) is 24.3. The van der Waals surface area contributed by atoms with Crippen LogP contribution in [-0.2, 0) is 0 Å². The minimum atomic E-state index is 0.648. The van der Waals surface area contributed by atoms with E-state index in [1.165, 1.54) is 42.4 Å². The van der Waals surface area contributed by atoms with Gasteiger partial charge in [0.2, 0.25) is 0 Å². The number of nitrogens with zero attached hydrogens (tertiary/aromatic N) is 3. The molecule has 49 heavy (non-hydrogen) atoms. The summed E-state index contributed by atoms with van der Waals surface area (Å²) in [6.07, 6.45) is 0. The zero-order valence-corrected chi connectivity index (χ0v) is 27.3. The first-order valence-corrected chi connectivity index (χ1v) is 17.2. The maximum atomic E-state index is 5.00. The predicted octanol–water partition coefficient (Wildman–Crippen LogP) is 12.2. The Labute approximate surface area is 288 Å². The molecule has 2 heterocycles. The van der Waals surface area contributed by atoms with Crippen LogP contribution in [0.3, 0.4) is 0 Å². The molecule has 0 fully saturated rings. The average Bonchev–Trinajstić information content (AvgIpc) is 3.58. The van der Waals surface area contributed by atoms with Gasteiger partial charge in [0.15, 0.2) is 17.5 Å². The van der Waals surface area contributed by atoms with Crippen molar-refractivity contribution in [3.8, 4) is 67.5 Å². The molecule has 0 unspecified atom stereocenters. The lowest BCUT2D eigenvalue weighted by atomic mass is 9.99. The normalized spacial score (nSPS) is 11.3. The Bertz CT molecular complexity index is 2560. The Balaban J connectivity index is 1.11. The molecule has 0 N–H and O–H groups in total. The Morgan fingerprint density at radius 3 is 1.06 bits per heavy atom. The molecule has 0 atom stereocenters. The molecule has 0 saturated carbocycles. The molecule has 230 valence electrons. The van der Waals surface area contributed by atoms with Gasteiger partial charge in [-0.2, -0.15) is 0 Å². The fourth-order valence-electron chi connectivity index (χ4n) is 6.48. The van der Waals surface area contributed by atoms with Gasteiger partial charge in [0.05, 0.1) is 0 Å². The van der Waals surface area contributed by atoms with Crippen LogP contribution >= 0.6 is 11.3 Å². The summed E-state index contributed by atoms with van der Waals surface area (Å²) in [7, 11) is 0. The molecule has 0 aliphatic rings. The first kappa shape index (κ1) is 29.0. The summed E-state index contributed by atoms with van der Waals surface area (Å²) in [5.74, 6) is 1.95. The van der Waals surface area contributed by atoms with Crippen LogP contribution in [0, 0.1) is 0 Å². The van der Waals surface area contributed by atoms with Crippen molar-refractivity contribution in [2.24, 2.45) is 0 Å². The number of fused-ring (bicyclic) bond motifs is 3. The maximum absolute atomic E-state index is 5.00. The second-order valence-electron chi connectivity index (χ2n) is 12.0. The van der Waals surface area contributed by atoms with E-state index in [2.05, 4.69) is 140 Å². The largest absolute Gasteiger partial charge is 0.208 e. The predicted molar refractivity (Wildman–Crippen MR) is 205 cm³/mol. The van der Waals surface area contributed by atoms with Crippen LogP contribution in [0.1, 0.15) is 0 Å². The molecular formula is C45H29N3S. The molecule has 4 heteroatoms. The summed E-state index contributed by atoms with van der Waals surface area (Å²) in [6, 6.07) is 61.5. The van der Waals surface area contributed by atoms with Crippen LogP contribution in [0.25, 0.3) is 87.7 Å². The minimum Gasteiger partial charge on any atom is -0.208 e. The standard InChI is InChI=1S/C45H29N3S/c1-4-12-30(13-5-1)31-22-26-35(27-23-31)44-46-43(34-16-8-3-9-17-34)47-45(48-44)36-28-24-33(25-29-36)38-19-11-21-40-39-20-10-18-37(41(39)49-42(38)40)32-14-6-2-7-15-32/h1-29H. The number of thiophene rings is 1. The lowest BCUT2D eigenvalue weighted by molar-refractivity contribution is 1.07. The SMILES string of the molecule is c1ccc(-c2ccc(-c3nc(-c4ccccc4)nc(-c4ccc(-c5cccc6c5sc5c(-c7ccccc7)cccc56)cc4)n3)cc2)cc1. The molecule has 0 spiro atoms. The third kappa shape index (κ3) is 5.48. The van der Waals surface area contributed by atoms with E-state index >= 15 is 0 Å². The van der Waals surface area contributed by atoms with E-state index in [1.54, 1.807) is 0 Å². The Morgan fingerprint density at radius 1 is 0.265 bits per heavy atom. The second kappa shape index (κ2) is 12.4. The molecule has 0 bridgehead atoms. The smallest absolute Gasteiger partial charge is 0.164 e. The van der Waals surface area contributed by atoms with E-state index in [1.807, 2.05) is 47.7 Å². The molecule has 0 aliphatic heterocycles. The van der Waals surface area contributed by atoms with Gasteiger partial charge in [0.25, 0.3) is 0 Å². The zero-order valence-electron chi connectivity index (χ0n) is 26.5. The summed E-state index contributed by atoms with van der Waals surface area (Å²) >= 11 is 1.87. The molecular weight excluding hydrogens is 615 g/mol. The quantitative estimate of drug-likeness (QED) is 0.181. The van der Waals surface area contributed by atoms with Gasteiger partial charge in [-0.3, -0.25) is 0 Å². The van der Waals surface area contributed by atoms with Gasteiger partial charge in [-0.25, -0.2) is 15.0 Å². The van der Waals surface area contributed by atoms with Crippen LogP contribution in [0.15, 0.2) is 176 Å². The van der Waals surface area contributed by atoms with Crippen LogP contribution in [0.5, 0.6) is 0 Å². The summed E-state index contributed by atoms with van der Waals surface area (Å²) in [4.78, 5) is 14.9. The van der Waals surface area contributed by atoms with Gasteiger partial charge in [0, 0.05) is 36.9 Å². The molecule has 9 aromatic rings. The monoisotopic (exact) mass is 643 g/mol. The fraction of sp³-hybridized carbons (Fsp3) is 0. The van der Waals surface area contributed by atoms with E-state index in [4.69, 9.17) is 15.0 Å². The molecule has 0 radical (unpaired) electrons. The first-order valence-electron chi connectivity index (χ1n) is 16.4. The van der Waals surface area contributed by atoms with E-state index in [0.29, 0.717) is 17.5 Å². The van der Waals surface area contributed by atoms with Crippen molar-refractivity contribution >= 4 is 31.5 Å². The third-order valence-electron chi connectivity index (χ3n) is 8.98. The molecule has 2 aromatic heterocycles. The average molecular weight is 644 g/mol. The lowest BCUT2D eigenvalue weighted by Crippen LogP contribution is -2.00. The molecule has 3 nitrogen and oxygen atoms in total. The van der Waals surface area contributed by atoms with Crippen molar-refractivity contribution in [1.82, 2.24) is 15.0 Å². The number of aromatic nitrogens is 3. The fourth-order valence-corrected chi connectivity index (χ4v) is 7.86. The van der Waals surface area contributed by atoms with E-state index in [-0.39, 0.29) is 0 Å². The van der Waals surface area contributed by atoms with Crippen LogP contribution in [0.2, 0.25) is 0 Å². The van der Waals surface area contributed by atoms with E-state index in [9.17, 15) is 0 Å². The number of rotatable bonds is 6. The van der Waals surface area contributed by atoms with Crippen molar-refractivity contribution < 1.29 is 0 Å². The number of hydrogen-bond acceptors (Lipinski definition) is 4. The molecule has 9 rings (SSSR count). The molecule has 0 aliphatic carbocycles. The number of benzene rings is 7. The summed E-state index contributed by atoms with van der Waals surface area (Å²) in [5, 5.41) is 2.58. The van der Waals surface area contributed by atoms with Crippen LogP contribution in [0.4, 0.5) is 0 Å². The van der Waals surface area contributed by atoms with Gasteiger partial charge in [-0.05, 0) is 33.4 Å². The second-order valence-corrected chi connectivity index (χ2v) is 13.0. The zero-order chi connectivity index (χ0) is 32.6. The Kier molecular flexibility index (Phi) is 7.34. The highest BCUT2D eigenvalue weighted by Gasteiger charge is 2.16. The van der Waals surface area contributed by atoms with Crippen molar-refractivity contribution in [2.45, 2.75) is 0 Å². The van der Waals surface area contributed by atoms with Crippen molar-refractivity contribution in [2.75, 3.05) is 0 Å². The summed E-state index contributed by atoms with van der Waals surface area (Å²) < 4.78 is 2.61. The van der Waals surface area contributed by atoms with Gasteiger partial charge in [-0.1, -0.05) is 176 Å². The van der Waals surface area contributed by atoms with Gasteiger partial charge < -0.3 is 0 Å².